The van der Waals surface area contributed by atoms with Crippen molar-refractivity contribution < 1.29 is 24.3 Å². The minimum atomic E-state index is -1.06. The lowest BCUT2D eigenvalue weighted by atomic mass is 9.51. The van der Waals surface area contributed by atoms with Crippen molar-refractivity contribution in [3.8, 4) is 5.75 Å². The SMILES string of the molecule is CCCN1C(=O)C2CC=C3C(CC4C(=O)N(c5ccccc5)C(=O)C4(C)C3c3ccc(O)cc3)C2C1=O. The average molecular weight is 499 g/mol. The lowest BCUT2D eigenvalue weighted by Crippen LogP contribution is -2.48. The van der Waals surface area contributed by atoms with Crippen molar-refractivity contribution in [2.24, 2.45) is 29.1 Å². The van der Waals surface area contributed by atoms with E-state index in [1.54, 1.807) is 48.5 Å². The lowest BCUT2D eigenvalue weighted by molar-refractivity contribution is -0.140. The smallest absolute Gasteiger partial charge is 0.241 e. The maximum Gasteiger partial charge on any atom is 0.241 e. The van der Waals surface area contributed by atoms with E-state index in [2.05, 4.69) is 0 Å². The van der Waals surface area contributed by atoms with E-state index < -0.39 is 29.1 Å². The van der Waals surface area contributed by atoms with Crippen LogP contribution in [0, 0.1) is 29.1 Å². The topological polar surface area (TPSA) is 95.0 Å². The number of benzene rings is 2. The van der Waals surface area contributed by atoms with Crippen LogP contribution in [-0.4, -0.2) is 40.2 Å². The van der Waals surface area contributed by atoms with Crippen LogP contribution in [0.25, 0.3) is 0 Å². The molecule has 6 rings (SSSR count). The molecule has 1 N–H and O–H groups in total. The van der Waals surface area contributed by atoms with Gasteiger partial charge in [0.1, 0.15) is 5.75 Å². The summed E-state index contributed by atoms with van der Waals surface area (Å²) in [5, 5.41) is 9.96. The zero-order chi connectivity index (χ0) is 26.1. The molecule has 6 atom stereocenters. The zero-order valence-corrected chi connectivity index (χ0v) is 21.0. The van der Waals surface area contributed by atoms with Crippen LogP contribution in [0.15, 0.2) is 66.2 Å². The molecule has 2 aliphatic heterocycles. The summed E-state index contributed by atoms with van der Waals surface area (Å²) < 4.78 is 0. The Bertz CT molecular complexity index is 1330. The highest BCUT2D eigenvalue weighted by atomic mass is 16.3. The summed E-state index contributed by atoms with van der Waals surface area (Å²) in [5.41, 5.74) is 1.25. The summed E-state index contributed by atoms with van der Waals surface area (Å²) in [6.45, 7) is 4.21. The second-order valence-corrected chi connectivity index (χ2v) is 10.9. The molecule has 3 fully saturated rings. The summed E-state index contributed by atoms with van der Waals surface area (Å²) in [5.74, 6) is -3.01. The number of phenols is 1. The number of imide groups is 2. The van der Waals surface area contributed by atoms with Gasteiger partial charge < -0.3 is 5.11 Å². The van der Waals surface area contributed by atoms with Crippen molar-refractivity contribution >= 4 is 29.3 Å². The van der Waals surface area contributed by atoms with Crippen LogP contribution in [0.5, 0.6) is 5.75 Å². The van der Waals surface area contributed by atoms with Gasteiger partial charge in [-0.2, -0.15) is 0 Å². The van der Waals surface area contributed by atoms with Crippen LogP contribution in [0.3, 0.4) is 0 Å². The van der Waals surface area contributed by atoms with Crippen molar-refractivity contribution in [3.63, 3.8) is 0 Å². The van der Waals surface area contributed by atoms with E-state index >= 15 is 0 Å². The van der Waals surface area contributed by atoms with Crippen LogP contribution in [-0.2, 0) is 19.2 Å². The third kappa shape index (κ3) is 3.19. The molecule has 190 valence electrons. The molecule has 0 spiro atoms. The van der Waals surface area contributed by atoms with Gasteiger partial charge in [0.15, 0.2) is 0 Å². The normalized spacial score (nSPS) is 32.8. The number of fused-ring (bicyclic) bond motifs is 4. The molecular weight excluding hydrogens is 468 g/mol. The van der Waals surface area contributed by atoms with Gasteiger partial charge in [-0.25, -0.2) is 4.90 Å². The van der Waals surface area contributed by atoms with E-state index in [-0.39, 0.29) is 35.3 Å². The first-order valence-corrected chi connectivity index (χ1v) is 13.1. The molecule has 2 aliphatic carbocycles. The lowest BCUT2D eigenvalue weighted by Gasteiger charge is -2.49. The quantitative estimate of drug-likeness (QED) is 0.507. The Morgan fingerprint density at radius 1 is 0.919 bits per heavy atom. The van der Waals surface area contributed by atoms with Crippen LogP contribution < -0.4 is 4.90 Å². The van der Waals surface area contributed by atoms with Gasteiger partial charge in [-0.05, 0) is 61.9 Å². The minimum absolute atomic E-state index is 0.113. The Labute approximate surface area is 215 Å². The van der Waals surface area contributed by atoms with E-state index in [0.29, 0.717) is 31.5 Å². The molecule has 7 heteroatoms. The van der Waals surface area contributed by atoms with Gasteiger partial charge >= 0.3 is 0 Å². The maximum atomic E-state index is 14.2. The number of likely N-dealkylation sites (tertiary alicyclic amines) is 1. The third-order valence-corrected chi connectivity index (χ3v) is 9.05. The number of nitrogens with zero attached hydrogens (tertiary/aromatic N) is 2. The third-order valence-electron chi connectivity index (χ3n) is 9.05. The van der Waals surface area contributed by atoms with Crippen molar-refractivity contribution in [2.45, 2.75) is 39.0 Å². The van der Waals surface area contributed by atoms with Crippen molar-refractivity contribution in [1.29, 1.82) is 0 Å². The van der Waals surface area contributed by atoms with Gasteiger partial charge in [0.25, 0.3) is 0 Å². The molecule has 37 heavy (non-hydrogen) atoms. The summed E-state index contributed by atoms with van der Waals surface area (Å²) in [7, 11) is 0. The first-order valence-electron chi connectivity index (χ1n) is 13.1. The van der Waals surface area contributed by atoms with E-state index in [9.17, 15) is 24.3 Å². The maximum absolute atomic E-state index is 14.2. The molecular formula is C30H30N2O5. The van der Waals surface area contributed by atoms with Crippen LogP contribution >= 0.6 is 0 Å². The fourth-order valence-electron chi connectivity index (χ4n) is 7.39. The molecule has 1 saturated carbocycles. The van der Waals surface area contributed by atoms with Crippen molar-refractivity contribution in [2.75, 3.05) is 11.4 Å². The second-order valence-electron chi connectivity index (χ2n) is 10.9. The average Bonchev–Trinajstić information content (AvgIpc) is 3.25. The number of aromatic hydroxyl groups is 1. The Kier molecular flexibility index (Phi) is 5.37. The van der Waals surface area contributed by atoms with Crippen molar-refractivity contribution in [3.05, 3.63) is 71.8 Å². The van der Waals surface area contributed by atoms with Gasteiger partial charge in [0.2, 0.25) is 23.6 Å². The zero-order valence-electron chi connectivity index (χ0n) is 21.0. The first-order chi connectivity index (χ1) is 17.8. The number of hydrogen-bond acceptors (Lipinski definition) is 5. The van der Waals surface area contributed by atoms with Gasteiger partial charge in [-0.3, -0.25) is 24.1 Å². The summed E-state index contributed by atoms with van der Waals surface area (Å²) in [6.07, 6.45) is 3.54. The molecule has 0 bridgehead atoms. The van der Waals surface area contributed by atoms with E-state index in [1.165, 1.54) is 9.80 Å². The fraction of sp³-hybridized carbons (Fsp3) is 0.400. The van der Waals surface area contributed by atoms with E-state index in [4.69, 9.17) is 0 Å². The van der Waals surface area contributed by atoms with Gasteiger partial charge in [-0.15, -0.1) is 0 Å². The highest BCUT2D eigenvalue weighted by molar-refractivity contribution is 6.24. The Morgan fingerprint density at radius 2 is 1.62 bits per heavy atom. The van der Waals surface area contributed by atoms with Crippen LogP contribution in [0.4, 0.5) is 5.69 Å². The molecule has 4 amide bonds. The predicted molar refractivity (Wildman–Crippen MR) is 136 cm³/mol. The number of amides is 4. The summed E-state index contributed by atoms with van der Waals surface area (Å²) in [6, 6.07) is 15.7. The number of hydrogen-bond donors (Lipinski definition) is 1. The Balaban J connectivity index is 1.50. The number of rotatable bonds is 4. The molecule has 2 saturated heterocycles. The number of para-hydroxylation sites is 1. The van der Waals surface area contributed by atoms with Gasteiger partial charge in [0, 0.05) is 12.5 Å². The Morgan fingerprint density at radius 3 is 2.30 bits per heavy atom. The fourth-order valence-corrected chi connectivity index (χ4v) is 7.39. The van der Waals surface area contributed by atoms with Crippen LogP contribution in [0.2, 0.25) is 0 Å². The second kappa shape index (κ2) is 8.40. The molecule has 2 aromatic carbocycles. The molecule has 0 radical (unpaired) electrons. The minimum Gasteiger partial charge on any atom is -0.508 e. The number of carbonyl (C=O) groups excluding carboxylic acids is 4. The molecule has 4 aliphatic rings. The largest absolute Gasteiger partial charge is 0.508 e. The number of carbonyl (C=O) groups is 4. The highest BCUT2D eigenvalue weighted by Gasteiger charge is 2.67. The van der Waals surface area contributed by atoms with Gasteiger partial charge in [-0.1, -0.05) is 48.9 Å². The van der Waals surface area contributed by atoms with Crippen LogP contribution in [0.1, 0.15) is 44.6 Å². The molecule has 6 unspecified atom stereocenters. The molecule has 7 nitrogen and oxygen atoms in total. The number of anilines is 1. The molecule has 2 heterocycles. The molecule has 0 aromatic heterocycles. The Hall–Kier alpha value is -3.74. The summed E-state index contributed by atoms with van der Waals surface area (Å²) >= 11 is 0. The standard InChI is InChI=1S/C30H30N2O5/c1-3-15-31-26(34)21-14-13-20-22(24(21)28(31)36)16-23-27(35)32(18-7-5-4-6-8-18)29(37)30(23,2)25(20)17-9-11-19(33)12-10-17/h4-13,21-25,33H,3,14-16H2,1-2H3. The molecule has 2 aromatic rings. The van der Waals surface area contributed by atoms with E-state index in [0.717, 1.165) is 11.1 Å². The highest BCUT2D eigenvalue weighted by Crippen LogP contribution is 2.63. The number of allylic oxidation sites excluding steroid dienone is 2. The number of phenolic OH excluding ortho intramolecular Hbond substituents is 1. The summed E-state index contributed by atoms with van der Waals surface area (Å²) in [4.78, 5) is 57.6. The monoisotopic (exact) mass is 498 g/mol. The van der Waals surface area contributed by atoms with E-state index in [1.807, 2.05) is 26.0 Å². The van der Waals surface area contributed by atoms with Gasteiger partial charge in [0.05, 0.1) is 28.9 Å². The predicted octanol–water partition coefficient (Wildman–Crippen LogP) is 4.03. The first kappa shape index (κ1) is 23.6. The van der Waals surface area contributed by atoms with Crippen molar-refractivity contribution in [1.82, 2.24) is 4.90 Å².